The summed E-state index contributed by atoms with van der Waals surface area (Å²) >= 11 is 0. The first-order chi connectivity index (χ1) is 9.65. The third-order valence-electron chi connectivity index (χ3n) is 4.05. The van der Waals surface area contributed by atoms with E-state index in [1.807, 2.05) is 0 Å². The highest BCUT2D eigenvalue weighted by Gasteiger charge is 2.22. The van der Waals surface area contributed by atoms with E-state index in [0.717, 1.165) is 18.5 Å². The number of halogens is 1. The van der Waals surface area contributed by atoms with Gasteiger partial charge in [0.05, 0.1) is 0 Å². The molecule has 0 aliphatic carbocycles. The molecular weight excluding hydrogens is 257 g/mol. The zero-order chi connectivity index (χ0) is 14.5. The van der Waals surface area contributed by atoms with Gasteiger partial charge in [0.2, 0.25) is 0 Å². The van der Waals surface area contributed by atoms with E-state index in [2.05, 4.69) is 17.0 Å². The summed E-state index contributed by atoms with van der Waals surface area (Å²) in [6.45, 7) is 3.95. The van der Waals surface area contributed by atoms with Crippen molar-refractivity contribution in [3.05, 3.63) is 35.1 Å². The smallest absolute Gasteiger partial charge is 0.170 e. The van der Waals surface area contributed by atoms with Gasteiger partial charge in [-0.2, -0.15) is 0 Å². The number of nitrogens with zero attached hydrogens (tertiary/aromatic N) is 2. The minimum Gasteiger partial charge on any atom is -0.409 e. The van der Waals surface area contributed by atoms with Gasteiger partial charge in [-0.1, -0.05) is 24.6 Å². The van der Waals surface area contributed by atoms with Gasteiger partial charge in [0.1, 0.15) is 5.82 Å². The molecule has 1 fully saturated rings. The standard InChI is InChI=1S/C15H22FN3O/c1-2-13-5-3-4-8-19(13)10-11-6-7-12(16)9-14(11)15(17)18-20/h6-7,9,13,20H,2-5,8,10H2,1H3,(H2,17,18). The molecule has 1 heterocycles. The first-order valence-electron chi connectivity index (χ1n) is 7.16. The lowest BCUT2D eigenvalue weighted by molar-refractivity contribution is 0.136. The first kappa shape index (κ1) is 14.8. The summed E-state index contributed by atoms with van der Waals surface area (Å²) in [6.07, 6.45) is 4.78. The molecule has 3 N–H and O–H groups in total. The average Bonchev–Trinajstić information content (AvgIpc) is 2.48. The summed E-state index contributed by atoms with van der Waals surface area (Å²) in [5.41, 5.74) is 7.04. The SMILES string of the molecule is CCC1CCCCN1Cc1ccc(F)cc1C(N)=NO. The van der Waals surface area contributed by atoms with E-state index in [1.54, 1.807) is 6.07 Å². The second-order valence-corrected chi connectivity index (χ2v) is 5.32. The maximum Gasteiger partial charge on any atom is 0.170 e. The van der Waals surface area contributed by atoms with Gasteiger partial charge in [-0.3, -0.25) is 4.90 Å². The van der Waals surface area contributed by atoms with Crippen LogP contribution in [0.1, 0.15) is 43.7 Å². The van der Waals surface area contributed by atoms with Gasteiger partial charge in [-0.25, -0.2) is 4.39 Å². The average molecular weight is 279 g/mol. The lowest BCUT2D eigenvalue weighted by Crippen LogP contribution is -2.38. The molecular formula is C15H22FN3O. The molecule has 0 aromatic heterocycles. The van der Waals surface area contributed by atoms with E-state index in [9.17, 15) is 4.39 Å². The van der Waals surface area contributed by atoms with Crippen LogP contribution in [0.4, 0.5) is 4.39 Å². The van der Waals surface area contributed by atoms with Gasteiger partial charge in [-0.05, 0) is 43.5 Å². The Hall–Kier alpha value is -1.62. The molecule has 4 nitrogen and oxygen atoms in total. The van der Waals surface area contributed by atoms with Crippen molar-refractivity contribution in [2.75, 3.05) is 6.54 Å². The number of oxime groups is 1. The number of nitrogens with two attached hydrogens (primary N) is 1. The highest BCUT2D eigenvalue weighted by atomic mass is 19.1. The van der Waals surface area contributed by atoms with E-state index >= 15 is 0 Å². The number of likely N-dealkylation sites (tertiary alicyclic amines) is 1. The zero-order valence-electron chi connectivity index (χ0n) is 11.8. The Morgan fingerprint density at radius 3 is 3.00 bits per heavy atom. The van der Waals surface area contributed by atoms with Crippen LogP contribution in [0.25, 0.3) is 0 Å². The maximum atomic E-state index is 13.4. The predicted molar refractivity (Wildman–Crippen MR) is 77.3 cm³/mol. The van der Waals surface area contributed by atoms with Crippen LogP contribution < -0.4 is 5.73 Å². The number of hydrogen-bond acceptors (Lipinski definition) is 3. The van der Waals surface area contributed by atoms with Crippen LogP contribution in [-0.2, 0) is 6.54 Å². The summed E-state index contributed by atoms with van der Waals surface area (Å²) in [7, 11) is 0. The third-order valence-corrected chi connectivity index (χ3v) is 4.05. The van der Waals surface area contributed by atoms with E-state index in [1.165, 1.54) is 31.4 Å². The minimum absolute atomic E-state index is 0.0374. The molecule has 5 heteroatoms. The van der Waals surface area contributed by atoms with Gasteiger partial charge in [-0.15, -0.1) is 0 Å². The van der Waals surface area contributed by atoms with Crippen molar-refractivity contribution < 1.29 is 9.60 Å². The number of benzene rings is 1. The normalized spacial score (nSPS) is 21.1. The molecule has 1 atom stereocenters. The largest absolute Gasteiger partial charge is 0.409 e. The molecule has 1 aromatic carbocycles. The third kappa shape index (κ3) is 3.28. The van der Waals surface area contributed by atoms with Crippen molar-refractivity contribution in [2.45, 2.75) is 45.2 Å². The molecule has 20 heavy (non-hydrogen) atoms. The van der Waals surface area contributed by atoms with Crippen LogP contribution in [-0.4, -0.2) is 28.5 Å². The lowest BCUT2D eigenvalue weighted by atomic mass is 9.98. The van der Waals surface area contributed by atoms with Gasteiger partial charge in [0.25, 0.3) is 0 Å². The van der Waals surface area contributed by atoms with Crippen LogP contribution in [0.5, 0.6) is 0 Å². The monoisotopic (exact) mass is 279 g/mol. The lowest BCUT2D eigenvalue weighted by Gasteiger charge is -2.35. The predicted octanol–water partition coefficient (Wildman–Crippen LogP) is 2.68. The molecule has 0 saturated carbocycles. The fourth-order valence-electron chi connectivity index (χ4n) is 2.93. The van der Waals surface area contributed by atoms with Gasteiger partial charge in [0, 0.05) is 18.2 Å². The molecule has 0 amide bonds. The van der Waals surface area contributed by atoms with Gasteiger partial charge in [0.15, 0.2) is 5.84 Å². The number of amidine groups is 1. The highest BCUT2D eigenvalue weighted by Crippen LogP contribution is 2.23. The van der Waals surface area contributed by atoms with Gasteiger partial charge >= 0.3 is 0 Å². The van der Waals surface area contributed by atoms with Crippen molar-refractivity contribution in [2.24, 2.45) is 10.9 Å². The quantitative estimate of drug-likeness (QED) is 0.385. The van der Waals surface area contributed by atoms with Crippen molar-refractivity contribution in [1.29, 1.82) is 0 Å². The molecule has 0 spiro atoms. The Bertz CT molecular complexity index is 490. The molecule has 1 aliphatic heterocycles. The minimum atomic E-state index is -0.374. The Labute approximate surface area is 119 Å². The molecule has 0 radical (unpaired) electrons. The summed E-state index contributed by atoms with van der Waals surface area (Å²) in [4.78, 5) is 2.41. The Morgan fingerprint density at radius 2 is 2.30 bits per heavy atom. The number of rotatable bonds is 4. The zero-order valence-corrected chi connectivity index (χ0v) is 11.8. The summed E-state index contributed by atoms with van der Waals surface area (Å²) in [5.74, 6) is -0.411. The topological polar surface area (TPSA) is 61.8 Å². The highest BCUT2D eigenvalue weighted by molar-refractivity contribution is 5.98. The Morgan fingerprint density at radius 1 is 1.50 bits per heavy atom. The number of hydrogen-bond donors (Lipinski definition) is 2. The van der Waals surface area contributed by atoms with Crippen LogP contribution in [0.15, 0.2) is 23.4 Å². The van der Waals surface area contributed by atoms with Crippen LogP contribution >= 0.6 is 0 Å². The van der Waals surface area contributed by atoms with Crippen LogP contribution in [0.2, 0.25) is 0 Å². The fourth-order valence-corrected chi connectivity index (χ4v) is 2.93. The molecule has 1 saturated heterocycles. The van der Waals surface area contributed by atoms with Crippen molar-refractivity contribution in [3.8, 4) is 0 Å². The summed E-state index contributed by atoms with van der Waals surface area (Å²) in [5, 5.41) is 11.8. The van der Waals surface area contributed by atoms with E-state index in [-0.39, 0.29) is 11.7 Å². The Kier molecular flexibility index (Phi) is 4.95. The molecule has 0 bridgehead atoms. The molecule has 1 unspecified atom stereocenters. The van der Waals surface area contributed by atoms with E-state index in [0.29, 0.717) is 18.2 Å². The van der Waals surface area contributed by atoms with Crippen LogP contribution in [0.3, 0.4) is 0 Å². The van der Waals surface area contributed by atoms with Crippen molar-refractivity contribution in [3.63, 3.8) is 0 Å². The van der Waals surface area contributed by atoms with Gasteiger partial charge < -0.3 is 10.9 Å². The van der Waals surface area contributed by atoms with E-state index < -0.39 is 0 Å². The summed E-state index contributed by atoms with van der Waals surface area (Å²) < 4.78 is 13.4. The second kappa shape index (κ2) is 6.70. The molecule has 110 valence electrons. The van der Waals surface area contributed by atoms with Crippen LogP contribution in [0, 0.1) is 5.82 Å². The Balaban J connectivity index is 2.24. The molecule has 1 aromatic rings. The van der Waals surface area contributed by atoms with Crippen molar-refractivity contribution >= 4 is 5.84 Å². The fraction of sp³-hybridized carbons (Fsp3) is 0.533. The van der Waals surface area contributed by atoms with Crippen molar-refractivity contribution in [1.82, 2.24) is 4.90 Å². The second-order valence-electron chi connectivity index (χ2n) is 5.32. The van der Waals surface area contributed by atoms with E-state index in [4.69, 9.17) is 10.9 Å². The first-order valence-corrected chi connectivity index (χ1v) is 7.16. The molecule has 1 aliphatic rings. The molecule has 2 rings (SSSR count). The maximum absolute atomic E-state index is 13.4. The number of piperidine rings is 1. The summed E-state index contributed by atoms with van der Waals surface area (Å²) in [6, 6.07) is 5.04.